The summed E-state index contributed by atoms with van der Waals surface area (Å²) in [6.45, 7) is 19.9. The van der Waals surface area contributed by atoms with Gasteiger partial charge in [0.1, 0.15) is 0 Å². The maximum atomic E-state index is 9.51. The Hall–Kier alpha value is -0.383. The van der Waals surface area contributed by atoms with E-state index in [9.17, 15) is 5.11 Å². The molecule has 0 aromatic carbocycles. The van der Waals surface area contributed by atoms with Crippen LogP contribution in [0.3, 0.4) is 0 Å². The van der Waals surface area contributed by atoms with Gasteiger partial charge in [0.2, 0.25) is 0 Å². The lowest BCUT2D eigenvalue weighted by Gasteiger charge is -2.43. The molecule has 0 unspecified atom stereocenters. The van der Waals surface area contributed by atoms with Gasteiger partial charge in [0.25, 0.3) is 0 Å². The molecule has 1 N–H and O–H groups in total. The Labute approximate surface area is 119 Å². The molecule has 19 heavy (non-hydrogen) atoms. The zero-order valence-electron chi connectivity index (χ0n) is 13.6. The maximum absolute atomic E-state index is 9.51. The Morgan fingerprint density at radius 1 is 1.37 bits per heavy atom. The first-order valence-corrected chi connectivity index (χ1v) is 10.1. The van der Waals surface area contributed by atoms with Gasteiger partial charge in [-0.15, -0.1) is 0 Å². The van der Waals surface area contributed by atoms with Crippen LogP contribution in [0.25, 0.3) is 0 Å². The number of aliphatic hydroxyl groups is 1. The molecular weight excluding hydrogens is 252 g/mol. The summed E-state index contributed by atoms with van der Waals surface area (Å²) < 4.78 is 6.54. The molecule has 0 aliphatic heterocycles. The molecule has 0 spiro atoms. The summed E-state index contributed by atoms with van der Waals surface area (Å²) in [7, 11) is -1.82. The Morgan fingerprint density at radius 3 is 2.32 bits per heavy atom. The van der Waals surface area contributed by atoms with Crippen LogP contribution in [0.15, 0.2) is 23.3 Å². The lowest BCUT2D eigenvalue weighted by Crippen LogP contribution is -2.46. The van der Waals surface area contributed by atoms with Gasteiger partial charge in [0.05, 0.1) is 12.7 Å². The fourth-order valence-corrected chi connectivity index (χ4v) is 3.48. The average Bonchev–Trinajstić information content (AvgIpc) is 2.27. The van der Waals surface area contributed by atoms with Gasteiger partial charge in [-0.05, 0) is 54.1 Å². The minimum absolute atomic E-state index is 0.00760. The molecule has 2 nitrogen and oxygen atoms in total. The highest BCUT2D eigenvalue weighted by Crippen LogP contribution is 2.42. The Bertz CT molecular complexity index is 388. The van der Waals surface area contributed by atoms with Gasteiger partial charge >= 0.3 is 0 Å². The van der Waals surface area contributed by atoms with Crippen molar-refractivity contribution in [2.75, 3.05) is 6.61 Å². The molecule has 0 fully saturated rings. The fourth-order valence-electron chi connectivity index (χ4n) is 2.21. The molecule has 0 radical (unpaired) electrons. The van der Waals surface area contributed by atoms with Crippen LogP contribution in [0.4, 0.5) is 0 Å². The smallest absolute Gasteiger partial charge is 0.193 e. The van der Waals surface area contributed by atoms with Crippen molar-refractivity contribution >= 4 is 8.32 Å². The van der Waals surface area contributed by atoms with Crippen LogP contribution in [0, 0.1) is 5.92 Å². The van der Waals surface area contributed by atoms with E-state index in [2.05, 4.69) is 54.3 Å². The molecule has 0 aromatic heterocycles. The van der Waals surface area contributed by atoms with Gasteiger partial charge < -0.3 is 9.53 Å². The molecule has 0 heterocycles. The third-order valence-electron chi connectivity index (χ3n) is 4.88. The minimum Gasteiger partial charge on any atom is -0.407 e. The topological polar surface area (TPSA) is 29.5 Å². The van der Waals surface area contributed by atoms with Crippen LogP contribution in [-0.4, -0.2) is 26.1 Å². The lowest BCUT2D eigenvalue weighted by molar-refractivity contribution is 0.218. The molecule has 110 valence electrons. The van der Waals surface area contributed by atoms with Crippen molar-refractivity contribution in [2.45, 2.75) is 65.3 Å². The first-order chi connectivity index (χ1) is 8.51. The first kappa shape index (κ1) is 16.7. The van der Waals surface area contributed by atoms with Crippen molar-refractivity contribution in [3.05, 3.63) is 23.3 Å². The summed E-state index contributed by atoms with van der Waals surface area (Å²) in [5, 5.41) is 9.70. The molecule has 1 aliphatic rings. The van der Waals surface area contributed by atoms with Crippen molar-refractivity contribution in [3.63, 3.8) is 0 Å². The quantitative estimate of drug-likeness (QED) is 0.618. The molecule has 1 rings (SSSR count). The first-order valence-electron chi connectivity index (χ1n) is 7.17. The monoisotopic (exact) mass is 282 g/mol. The van der Waals surface area contributed by atoms with E-state index in [0.29, 0.717) is 5.92 Å². The predicted molar refractivity (Wildman–Crippen MR) is 84.8 cm³/mol. The average molecular weight is 282 g/mol. The molecule has 2 atom stereocenters. The van der Waals surface area contributed by atoms with Crippen molar-refractivity contribution in [2.24, 2.45) is 5.92 Å². The third-order valence-corrected chi connectivity index (χ3v) is 9.32. The van der Waals surface area contributed by atoms with E-state index in [1.807, 2.05) is 0 Å². The van der Waals surface area contributed by atoms with Crippen LogP contribution in [0.5, 0.6) is 0 Å². The van der Waals surface area contributed by atoms with E-state index in [4.69, 9.17) is 4.43 Å². The minimum atomic E-state index is -1.82. The van der Waals surface area contributed by atoms with Gasteiger partial charge in [-0.3, -0.25) is 0 Å². The standard InChI is InChI=1S/C16H30O2Si/c1-11-9-14(10-17)13(3)15(12(11)2)18-19(7,8)16(4,5)6/h11,15,17H,2,9-10H2,1,3-8H3/t11-,15+/m1/s1. The zero-order chi connectivity index (χ0) is 15.0. The maximum Gasteiger partial charge on any atom is 0.193 e. The van der Waals surface area contributed by atoms with Gasteiger partial charge in [-0.2, -0.15) is 0 Å². The summed E-state index contributed by atoms with van der Waals surface area (Å²) in [6, 6.07) is 0. The molecule has 0 amide bonds. The number of hydrogen-bond donors (Lipinski definition) is 1. The van der Waals surface area contributed by atoms with Crippen molar-refractivity contribution in [1.82, 2.24) is 0 Å². The molecule has 1 aliphatic carbocycles. The summed E-state index contributed by atoms with van der Waals surface area (Å²) in [4.78, 5) is 0. The van der Waals surface area contributed by atoms with Crippen molar-refractivity contribution < 1.29 is 9.53 Å². The van der Waals surface area contributed by atoms with Crippen LogP contribution >= 0.6 is 0 Å². The van der Waals surface area contributed by atoms with E-state index in [0.717, 1.165) is 12.0 Å². The van der Waals surface area contributed by atoms with Gasteiger partial charge in [0, 0.05) is 0 Å². The zero-order valence-corrected chi connectivity index (χ0v) is 14.6. The number of rotatable bonds is 3. The van der Waals surface area contributed by atoms with Crippen molar-refractivity contribution in [1.29, 1.82) is 0 Å². The lowest BCUT2D eigenvalue weighted by atomic mass is 9.80. The highest BCUT2D eigenvalue weighted by Gasteiger charge is 2.41. The van der Waals surface area contributed by atoms with E-state index < -0.39 is 8.32 Å². The van der Waals surface area contributed by atoms with Gasteiger partial charge in [-0.25, -0.2) is 0 Å². The van der Waals surface area contributed by atoms with Crippen LogP contribution < -0.4 is 0 Å². The second-order valence-electron chi connectivity index (χ2n) is 7.38. The SMILES string of the molecule is C=C1[C@H](O[Si](C)(C)C(C)(C)C)C(C)=C(CO)C[C@H]1C. The van der Waals surface area contributed by atoms with E-state index in [1.54, 1.807) is 0 Å². The Balaban J connectivity index is 3.07. The van der Waals surface area contributed by atoms with Crippen molar-refractivity contribution in [3.8, 4) is 0 Å². The molecule has 0 saturated heterocycles. The summed E-state index contributed by atoms with van der Waals surface area (Å²) in [5.74, 6) is 0.389. The van der Waals surface area contributed by atoms with Crippen LogP contribution in [0.1, 0.15) is 41.0 Å². The van der Waals surface area contributed by atoms with E-state index in [-0.39, 0.29) is 17.7 Å². The fraction of sp³-hybridized carbons (Fsp3) is 0.750. The third kappa shape index (κ3) is 3.39. The molecule has 0 saturated carbocycles. The second kappa shape index (κ2) is 5.55. The van der Waals surface area contributed by atoms with Gasteiger partial charge in [0.15, 0.2) is 8.32 Å². The summed E-state index contributed by atoms with van der Waals surface area (Å²) >= 11 is 0. The highest BCUT2D eigenvalue weighted by atomic mass is 28.4. The van der Waals surface area contributed by atoms with Crippen LogP contribution in [-0.2, 0) is 4.43 Å². The van der Waals surface area contributed by atoms with Gasteiger partial charge in [-0.1, -0.05) is 34.3 Å². The molecule has 0 bridgehead atoms. The largest absolute Gasteiger partial charge is 0.407 e. The molecule has 0 aromatic rings. The summed E-state index contributed by atoms with van der Waals surface area (Å²) in [6.07, 6.45) is 0.908. The predicted octanol–water partition coefficient (Wildman–Crippen LogP) is 4.28. The Morgan fingerprint density at radius 2 is 1.89 bits per heavy atom. The summed E-state index contributed by atoms with van der Waals surface area (Å²) in [5.41, 5.74) is 3.47. The van der Waals surface area contributed by atoms with E-state index >= 15 is 0 Å². The van der Waals surface area contributed by atoms with Crippen LogP contribution in [0.2, 0.25) is 18.1 Å². The number of hydrogen-bond acceptors (Lipinski definition) is 2. The Kier molecular flexibility index (Phi) is 4.87. The molecular formula is C16H30O2Si. The normalized spacial score (nSPS) is 26.0. The highest BCUT2D eigenvalue weighted by molar-refractivity contribution is 6.74. The molecule has 3 heteroatoms. The van der Waals surface area contributed by atoms with E-state index in [1.165, 1.54) is 11.1 Å². The number of aliphatic hydroxyl groups excluding tert-OH is 1. The second-order valence-corrected chi connectivity index (χ2v) is 12.1.